The Balaban J connectivity index is 1.89. The lowest BCUT2D eigenvalue weighted by Crippen LogP contribution is -2.41. The monoisotopic (exact) mass is 466 g/mol. The first-order chi connectivity index (χ1) is 11.9. The number of halogens is 2. The van der Waals surface area contributed by atoms with Crippen LogP contribution in [0.5, 0.6) is 5.75 Å². The molecule has 25 heavy (non-hydrogen) atoms. The standard InChI is InChI=1S/C18H16Br2N2O3/c1-18(12-5-3-4-6-13(12)19)16(23)22(17(24)21-18)10-11-7-8-15(25-2)14(20)9-11/h3-9H,10H2,1-2H3,(H,21,24). The van der Waals surface area contributed by atoms with Crippen molar-refractivity contribution in [2.75, 3.05) is 7.11 Å². The SMILES string of the molecule is COc1ccc(CN2C(=O)NC(C)(c3ccccc3Br)C2=O)cc1Br. The molecule has 1 heterocycles. The maximum atomic E-state index is 13.0. The molecule has 1 fully saturated rings. The summed E-state index contributed by atoms with van der Waals surface area (Å²) >= 11 is 6.88. The summed E-state index contributed by atoms with van der Waals surface area (Å²) in [6.45, 7) is 1.91. The molecule has 1 unspecified atom stereocenters. The van der Waals surface area contributed by atoms with Crippen LogP contribution < -0.4 is 10.1 Å². The number of ether oxygens (including phenoxy) is 1. The fourth-order valence-corrected chi connectivity index (χ4v) is 4.15. The summed E-state index contributed by atoms with van der Waals surface area (Å²) < 4.78 is 6.75. The van der Waals surface area contributed by atoms with Crippen LogP contribution in [0.2, 0.25) is 0 Å². The molecule has 0 bridgehead atoms. The molecule has 2 aromatic carbocycles. The number of nitrogens with one attached hydrogen (secondary N) is 1. The molecule has 130 valence electrons. The molecular weight excluding hydrogens is 452 g/mol. The lowest BCUT2D eigenvalue weighted by atomic mass is 9.92. The van der Waals surface area contributed by atoms with E-state index in [9.17, 15) is 9.59 Å². The largest absolute Gasteiger partial charge is 0.496 e. The predicted molar refractivity (Wildman–Crippen MR) is 101 cm³/mol. The molecule has 0 aliphatic carbocycles. The molecule has 3 amide bonds. The van der Waals surface area contributed by atoms with Crippen LogP contribution in [0, 0.1) is 0 Å². The van der Waals surface area contributed by atoms with E-state index in [1.54, 1.807) is 20.1 Å². The number of nitrogens with zero attached hydrogens (tertiary/aromatic N) is 1. The van der Waals surface area contributed by atoms with Gasteiger partial charge in [0.1, 0.15) is 11.3 Å². The van der Waals surface area contributed by atoms with Crippen molar-refractivity contribution in [1.29, 1.82) is 0 Å². The third-order valence-corrected chi connectivity index (χ3v) is 5.56. The van der Waals surface area contributed by atoms with Crippen LogP contribution in [0.4, 0.5) is 4.79 Å². The molecular formula is C18H16Br2N2O3. The first-order valence-corrected chi connectivity index (χ1v) is 9.17. The van der Waals surface area contributed by atoms with Crippen molar-refractivity contribution in [2.24, 2.45) is 0 Å². The van der Waals surface area contributed by atoms with Crippen molar-refractivity contribution in [2.45, 2.75) is 19.0 Å². The van der Waals surface area contributed by atoms with Crippen molar-refractivity contribution in [1.82, 2.24) is 10.2 Å². The van der Waals surface area contributed by atoms with Gasteiger partial charge in [-0.25, -0.2) is 4.79 Å². The topological polar surface area (TPSA) is 58.6 Å². The number of carbonyl (C=O) groups is 2. The fourth-order valence-electron chi connectivity index (χ4n) is 2.88. The Labute approximate surface area is 162 Å². The summed E-state index contributed by atoms with van der Waals surface area (Å²) in [5.74, 6) is 0.412. The van der Waals surface area contributed by atoms with Gasteiger partial charge in [-0.3, -0.25) is 9.69 Å². The first-order valence-electron chi connectivity index (χ1n) is 7.58. The van der Waals surface area contributed by atoms with Crippen LogP contribution in [0.15, 0.2) is 51.4 Å². The zero-order chi connectivity index (χ0) is 18.2. The molecule has 2 aromatic rings. The quantitative estimate of drug-likeness (QED) is 0.686. The van der Waals surface area contributed by atoms with E-state index in [1.807, 2.05) is 36.4 Å². The number of rotatable bonds is 4. The third kappa shape index (κ3) is 3.18. The molecule has 5 nitrogen and oxygen atoms in total. The van der Waals surface area contributed by atoms with Crippen LogP contribution in [0.25, 0.3) is 0 Å². The van der Waals surface area contributed by atoms with Gasteiger partial charge in [-0.15, -0.1) is 0 Å². The van der Waals surface area contributed by atoms with Gasteiger partial charge in [-0.1, -0.05) is 40.2 Å². The second kappa shape index (κ2) is 6.80. The van der Waals surface area contributed by atoms with Crippen molar-refractivity contribution in [3.05, 3.63) is 62.5 Å². The summed E-state index contributed by atoms with van der Waals surface area (Å²) in [5, 5.41) is 2.82. The Morgan fingerprint density at radius 3 is 2.48 bits per heavy atom. The number of benzene rings is 2. The van der Waals surface area contributed by atoms with Crippen LogP contribution in [0.3, 0.4) is 0 Å². The molecule has 0 saturated carbocycles. The van der Waals surface area contributed by atoms with Gasteiger partial charge in [0.2, 0.25) is 0 Å². The number of carbonyl (C=O) groups excluding carboxylic acids is 2. The molecule has 1 aliphatic heterocycles. The van der Waals surface area contributed by atoms with E-state index in [-0.39, 0.29) is 12.5 Å². The van der Waals surface area contributed by atoms with E-state index in [2.05, 4.69) is 37.2 Å². The minimum Gasteiger partial charge on any atom is -0.496 e. The molecule has 1 saturated heterocycles. The number of methoxy groups -OCH3 is 1. The van der Waals surface area contributed by atoms with Crippen molar-refractivity contribution < 1.29 is 14.3 Å². The zero-order valence-electron chi connectivity index (χ0n) is 13.7. The van der Waals surface area contributed by atoms with Crippen molar-refractivity contribution in [3.63, 3.8) is 0 Å². The second-order valence-electron chi connectivity index (χ2n) is 5.90. The Morgan fingerprint density at radius 1 is 1.12 bits per heavy atom. The summed E-state index contributed by atoms with van der Waals surface area (Å²) in [5.41, 5.74) is 0.459. The summed E-state index contributed by atoms with van der Waals surface area (Å²) in [4.78, 5) is 26.7. The van der Waals surface area contributed by atoms with E-state index in [1.165, 1.54) is 4.90 Å². The fraction of sp³-hybridized carbons (Fsp3) is 0.222. The third-order valence-electron chi connectivity index (χ3n) is 4.24. The molecule has 3 rings (SSSR count). The highest BCUT2D eigenvalue weighted by Gasteiger charge is 2.49. The second-order valence-corrected chi connectivity index (χ2v) is 7.60. The molecule has 1 atom stereocenters. The summed E-state index contributed by atoms with van der Waals surface area (Å²) in [6.07, 6.45) is 0. The van der Waals surface area contributed by atoms with Crippen LogP contribution in [-0.4, -0.2) is 23.9 Å². The summed E-state index contributed by atoms with van der Waals surface area (Å²) in [7, 11) is 1.58. The van der Waals surface area contributed by atoms with Crippen LogP contribution >= 0.6 is 31.9 Å². The Morgan fingerprint density at radius 2 is 1.84 bits per heavy atom. The number of urea groups is 1. The average Bonchev–Trinajstić information content (AvgIpc) is 2.79. The van der Waals surface area contributed by atoms with Crippen LogP contribution in [-0.2, 0) is 16.9 Å². The zero-order valence-corrected chi connectivity index (χ0v) is 16.8. The Bertz CT molecular complexity index is 856. The van der Waals surface area contributed by atoms with Gasteiger partial charge in [0.25, 0.3) is 5.91 Å². The first kappa shape index (κ1) is 17.9. The molecule has 0 aromatic heterocycles. The normalized spacial score (nSPS) is 19.9. The molecule has 1 aliphatic rings. The average molecular weight is 468 g/mol. The number of imide groups is 1. The van der Waals surface area contributed by atoms with E-state index in [0.717, 1.165) is 20.1 Å². The highest BCUT2D eigenvalue weighted by molar-refractivity contribution is 9.10. The van der Waals surface area contributed by atoms with Crippen molar-refractivity contribution >= 4 is 43.8 Å². The lowest BCUT2D eigenvalue weighted by Gasteiger charge is -2.23. The maximum absolute atomic E-state index is 13.0. The molecule has 1 N–H and O–H groups in total. The van der Waals surface area contributed by atoms with Gasteiger partial charge < -0.3 is 10.1 Å². The minimum atomic E-state index is -1.10. The van der Waals surface area contributed by atoms with Gasteiger partial charge in [0.15, 0.2) is 0 Å². The lowest BCUT2D eigenvalue weighted by molar-refractivity contribution is -0.131. The number of hydrogen-bond acceptors (Lipinski definition) is 3. The summed E-state index contributed by atoms with van der Waals surface area (Å²) in [6, 6.07) is 12.4. The van der Waals surface area contributed by atoms with Gasteiger partial charge >= 0.3 is 6.03 Å². The van der Waals surface area contributed by atoms with E-state index < -0.39 is 11.6 Å². The highest BCUT2D eigenvalue weighted by atomic mass is 79.9. The number of hydrogen-bond donors (Lipinski definition) is 1. The van der Waals surface area contributed by atoms with Gasteiger partial charge in [0.05, 0.1) is 18.1 Å². The van der Waals surface area contributed by atoms with Crippen molar-refractivity contribution in [3.8, 4) is 5.75 Å². The Hall–Kier alpha value is -1.86. The van der Waals surface area contributed by atoms with Gasteiger partial charge in [-0.2, -0.15) is 0 Å². The molecule has 0 spiro atoms. The highest BCUT2D eigenvalue weighted by Crippen LogP contribution is 2.34. The Kier molecular flexibility index (Phi) is 4.88. The van der Waals surface area contributed by atoms with E-state index in [4.69, 9.17) is 4.74 Å². The molecule has 7 heteroatoms. The molecule has 0 radical (unpaired) electrons. The minimum absolute atomic E-state index is 0.188. The smallest absolute Gasteiger partial charge is 0.325 e. The van der Waals surface area contributed by atoms with Gasteiger partial charge in [-0.05, 0) is 46.6 Å². The maximum Gasteiger partial charge on any atom is 0.325 e. The number of amides is 3. The van der Waals surface area contributed by atoms with Gasteiger partial charge in [0, 0.05) is 10.0 Å². The van der Waals surface area contributed by atoms with E-state index in [0.29, 0.717) is 5.75 Å². The predicted octanol–water partition coefficient (Wildman–Crippen LogP) is 4.19. The van der Waals surface area contributed by atoms with E-state index >= 15 is 0 Å². The van der Waals surface area contributed by atoms with Crippen LogP contribution in [0.1, 0.15) is 18.1 Å².